The molecule has 2 aromatic rings. The van der Waals surface area contributed by atoms with Crippen LogP contribution in [0.15, 0.2) is 53.4 Å². The summed E-state index contributed by atoms with van der Waals surface area (Å²) in [7, 11) is -3.57. The molecule has 6 heteroatoms. The van der Waals surface area contributed by atoms with Gasteiger partial charge >= 0.3 is 0 Å². The first-order valence-corrected chi connectivity index (χ1v) is 10.3. The van der Waals surface area contributed by atoms with Crippen LogP contribution in [0.25, 0.3) is 0 Å². The number of nitrogens with one attached hydrogen (secondary N) is 1. The van der Waals surface area contributed by atoms with E-state index in [4.69, 9.17) is 9.47 Å². The summed E-state index contributed by atoms with van der Waals surface area (Å²) < 4.78 is 38.5. The monoisotopic (exact) mass is 377 g/mol. The van der Waals surface area contributed by atoms with Crippen LogP contribution in [0.3, 0.4) is 0 Å². The summed E-state index contributed by atoms with van der Waals surface area (Å²) in [6.07, 6.45) is 0.0430. The van der Waals surface area contributed by atoms with Crippen molar-refractivity contribution in [2.75, 3.05) is 13.2 Å². The van der Waals surface area contributed by atoms with E-state index >= 15 is 0 Å². The second-order valence-corrected chi connectivity index (χ2v) is 8.34. The van der Waals surface area contributed by atoms with Gasteiger partial charge in [-0.3, -0.25) is 0 Å². The van der Waals surface area contributed by atoms with Crippen LogP contribution in [-0.2, 0) is 10.0 Å². The quantitative estimate of drug-likeness (QED) is 0.672. The molecule has 142 valence electrons. The summed E-state index contributed by atoms with van der Waals surface area (Å²) in [6, 6.07) is 14.2. The van der Waals surface area contributed by atoms with Crippen molar-refractivity contribution in [1.82, 2.24) is 4.72 Å². The van der Waals surface area contributed by atoms with Crippen molar-refractivity contribution in [3.05, 3.63) is 54.1 Å². The van der Waals surface area contributed by atoms with Crippen LogP contribution in [0, 0.1) is 0 Å². The standard InChI is InChI=1S/C20H27NO4S/c1-15(2)19-7-5-6-8-20(19)24-14-13-21-26(22,23)18-11-9-17(10-12-18)25-16(3)4/h5-12,15-16,21H,13-14H2,1-4H3. The predicted octanol–water partition coefficient (Wildman–Crippen LogP) is 3.95. The van der Waals surface area contributed by atoms with Crippen LogP contribution < -0.4 is 14.2 Å². The summed E-state index contributed by atoms with van der Waals surface area (Å²) >= 11 is 0. The van der Waals surface area contributed by atoms with Gasteiger partial charge in [0, 0.05) is 6.54 Å². The lowest BCUT2D eigenvalue weighted by Crippen LogP contribution is -2.28. The van der Waals surface area contributed by atoms with Gasteiger partial charge in [-0.05, 0) is 55.7 Å². The third kappa shape index (κ3) is 5.75. The Hall–Kier alpha value is -2.05. The topological polar surface area (TPSA) is 64.6 Å². The average Bonchev–Trinajstić information content (AvgIpc) is 2.59. The van der Waals surface area contributed by atoms with Gasteiger partial charge in [0.25, 0.3) is 0 Å². The Morgan fingerprint density at radius 2 is 1.62 bits per heavy atom. The molecular formula is C20H27NO4S. The number of hydrogen-bond donors (Lipinski definition) is 1. The van der Waals surface area contributed by atoms with E-state index in [0.29, 0.717) is 11.7 Å². The molecule has 0 saturated carbocycles. The molecule has 0 unspecified atom stereocenters. The van der Waals surface area contributed by atoms with Crippen LogP contribution in [0.1, 0.15) is 39.2 Å². The zero-order valence-corrected chi connectivity index (χ0v) is 16.5. The number of hydrogen-bond acceptors (Lipinski definition) is 4. The number of benzene rings is 2. The fourth-order valence-corrected chi connectivity index (χ4v) is 3.49. The van der Waals surface area contributed by atoms with E-state index in [1.165, 1.54) is 12.1 Å². The number of ether oxygens (including phenoxy) is 2. The third-order valence-corrected chi connectivity index (χ3v) is 5.18. The molecule has 2 rings (SSSR count). The van der Waals surface area contributed by atoms with E-state index in [2.05, 4.69) is 18.6 Å². The lowest BCUT2D eigenvalue weighted by atomic mass is 10.0. The average molecular weight is 378 g/mol. The molecule has 0 amide bonds. The van der Waals surface area contributed by atoms with E-state index in [1.54, 1.807) is 12.1 Å². The Morgan fingerprint density at radius 1 is 0.962 bits per heavy atom. The lowest BCUT2D eigenvalue weighted by molar-refractivity contribution is 0.242. The molecule has 0 heterocycles. The molecule has 5 nitrogen and oxygen atoms in total. The predicted molar refractivity (Wildman–Crippen MR) is 103 cm³/mol. The van der Waals surface area contributed by atoms with Gasteiger partial charge in [-0.25, -0.2) is 13.1 Å². The maximum atomic E-state index is 12.3. The van der Waals surface area contributed by atoms with Crippen molar-refractivity contribution in [1.29, 1.82) is 0 Å². The van der Waals surface area contributed by atoms with Crippen LogP contribution in [0.5, 0.6) is 11.5 Å². The first kappa shape index (κ1) is 20.3. The van der Waals surface area contributed by atoms with Crippen molar-refractivity contribution in [2.24, 2.45) is 0 Å². The summed E-state index contributed by atoms with van der Waals surface area (Å²) in [6.45, 7) is 8.49. The first-order chi connectivity index (χ1) is 12.3. The molecule has 0 aliphatic rings. The number of rotatable bonds is 9. The Balaban J connectivity index is 1.90. The summed E-state index contributed by atoms with van der Waals surface area (Å²) in [4.78, 5) is 0.205. The molecule has 0 bridgehead atoms. The van der Waals surface area contributed by atoms with Crippen molar-refractivity contribution in [3.63, 3.8) is 0 Å². The van der Waals surface area contributed by atoms with Crippen molar-refractivity contribution < 1.29 is 17.9 Å². The van der Waals surface area contributed by atoms with E-state index in [-0.39, 0.29) is 24.2 Å². The van der Waals surface area contributed by atoms with Gasteiger partial charge in [-0.2, -0.15) is 0 Å². The maximum absolute atomic E-state index is 12.3. The number of sulfonamides is 1. The highest BCUT2D eigenvalue weighted by Gasteiger charge is 2.14. The molecule has 0 aliphatic heterocycles. The fourth-order valence-electron chi connectivity index (χ4n) is 2.48. The van der Waals surface area contributed by atoms with Crippen LogP contribution in [0.2, 0.25) is 0 Å². The molecule has 26 heavy (non-hydrogen) atoms. The highest BCUT2D eigenvalue weighted by Crippen LogP contribution is 2.25. The van der Waals surface area contributed by atoms with Crippen LogP contribution in [0.4, 0.5) is 0 Å². The summed E-state index contributed by atoms with van der Waals surface area (Å²) in [5.74, 6) is 1.78. The smallest absolute Gasteiger partial charge is 0.240 e. The summed E-state index contributed by atoms with van der Waals surface area (Å²) in [5.41, 5.74) is 1.11. The molecule has 0 aliphatic carbocycles. The van der Waals surface area contributed by atoms with E-state index in [1.807, 2.05) is 38.1 Å². The molecule has 0 saturated heterocycles. The van der Waals surface area contributed by atoms with Gasteiger partial charge in [0.15, 0.2) is 0 Å². The van der Waals surface area contributed by atoms with Gasteiger partial charge < -0.3 is 9.47 Å². The Bertz CT molecular complexity index is 799. The van der Waals surface area contributed by atoms with Crippen molar-refractivity contribution in [3.8, 4) is 11.5 Å². The minimum Gasteiger partial charge on any atom is -0.492 e. The number of para-hydroxylation sites is 1. The van der Waals surface area contributed by atoms with E-state index in [0.717, 1.165) is 11.3 Å². The molecule has 0 aromatic heterocycles. The maximum Gasteiger partial charge on any atom is 0.240 e. The second-order valence-electron chi connectivity index (χ2n) is 6.58. The molecule has 0 spiro atoms. The highest BCUT2D eigenvalue weighted by atomic mass is 32.2. The van der Waals surface area contributed by atoms with Crippen molar-refractivity contribution >= 4 is 10.0 Å². The zero-order chi connectivity index (χ0) is 19.2. The molecule has 1 N–H and O–H groups in total. The molecular weight excluding hydrogens is 350 g/mol. The first-order valence-electron chi connectivity index (χ1n) is 8.77. The molecule has 0 fully saturated rings. The largest absolute Gasteiger partial charge is 0.492 e. The van der Waals surface area contributed by atoms with Gasteiger partial charge in [0.2, 0.25) is 10.0 Å². The van der Waals surface area contributed by atoms with Gasteiger partial charge in [0.05, 0.1) is 11.0 Å². The van der Waals surface area contributed by atoms with E-state index in [9.17, 15) is 8.42 Å². The molecule has 0 atom stereocenters. The van der Waals surface area contributed by atoms with Gasteiger partial charge in [-0.15, -0.1) is 0 Å². The highest BCUT2D eigenvalue weighted by molar-refractivity contribution is 7.89. The second kappa shape index (κ2) is 9.05. The molecule has 2 aromatic carbocycles. The van der Waals surface area contributed by atoms with Crippen LogP contribution in [-0.4, -0.2) is 27.7 Å². The lowest BCUT2D eigenvalue weighted by Gasteiger charge is -2.14. The minimum atomic E-state index is -3.57. The SMILES string of the molecule is CC(C)Oc1ccc(S(=O)(=O)NCCOc2ccccc2C(C)C)cc1. The van der Waals surface area contributed by atoms with Crippen LogP contribution >= 0.6 is 0 Å². The fraction of sp³-hybridized carbons (Fsp3) is 0.400. The zero-order valence-electron chi connectivity index (χ0n) is 15.7. The summed E-state index contributed by atoms with van der Waals surface area (Å²) in [5, 5.41) is 0. The third-order valence-electron chi connectivity index (χ3n) is 3.70. The molecule has 0 radical (unpaired) electrons. The Kier molecular flexibility index (Phi) is 7.06. The Morgan fingerprint density at radius 3 is 2.23 bits per heavy atom. The Labute approximate surface area is 156 Å². The van der Waals surface area contributed by atoms with E-state index < -0.39 is 10.0 Å². The minimum absolute atomic E-state index is 0.0430. The van der Waals surface area contributed by atoms with Crippen molar-refractivity contribution in [2.45, 2.75) is 44.6 Å². The van der Waals surface area contributed by atoms with Gasteiger partial charge in [-0.1, -0.05) is 32.0 Å². The van der Waals surface area contributed by atoms with Gasteiger partial charge in [0.1, 0.15) is 18.1 Å². The normalized spacial score (nSPS) is 11.8.